The van der Waals surface area contributed by atoms with Gasteiger partial charge in [-0.15, -0.1) is 24.8 Å². The fourth-order valence-corrected chi connectivity index (χ4v) is 3.41. The molecule has 1 aliphatic rings. The van der Waals surface area contributed by atoms with Crippen LogP contribution in [0.5, 0.6) is 0 Å². The number of amides is 1. The van der Waals surface area contributed by atoms with Crippen LogP contribution in [0.2, 0.25) is 0 Å². The highest BCUT2D eigenvalue weighted by molar-refractivity contribution is 7.91. The second kappa shape index (κ2) is 9.84. The van der Waals surface area contributed by atoms with Crippen LogP contribution in [0.3, 0.4) is 0 Å². The van der Waals surface area contributed by atoms with E-state index in [1.165, 1.54) is 0 Å². The van der Waals surface area contributed by atoms with Crippen molar-refractivity contribution < 1.29 is 13.2 Å². The van der Waals surface area contributed by atoms with Gasteiger partial charge in [-0.2, -0.15) is 0 Å². The zero-order valence-corrected chi connectivity index (χ0v) is 15.1. The molecule has 0 spiro atoms. The molecule has 1 aliphatic heterocycles. The second-order valence-electron chi connectivity index (χ2n) is 5.42. The lowest BCUT2D eigenvalue weighted by Crippen LogP contribution is -2.53. The Balaban J connectivity index is 0. The third kappa shape index (κ3) is 8.21. The molecule has 6 nitrogen and oxygen atoms in total. The summed E-state index contributed by atoms with van der Waals surface area (Å²) in [4.78, 5) is 13.9. The van der Waals surface area contributed by atoms with Crippen molar-refractivity contribution in [2.24, 2.45) is 5.73 Å². The van der Waals surface area contributed by atoms with E-state index in [1.54, 1.807) is 6.92 Å². The fraction of sp³-hybridized carbons (Fsp3) is 0.917. The predicted octanol–water partition coefficient (Wildman–Crippen LogP) is 0.194. The van der Waals surface area contributed by atoms with Crippen molar-refractivity contribution in [3.8, 4) is 0 Å². The molecule has 1 atom stereocenters. The van der Waals surface area contributed by atoms with Crippen LogP contribution in [-0.4, -0.2) is 62.4 Å². The molecule has 0 aliphatic carbocycles. The molecule has 128 valence electrons. The summed E-state index contributed by atoms with van der Waals surface area (Å²) in [5.74, 6) is 0.288. The van der Waals surface area contributed by atoms with Crippen LogP contribution in [0.4, 0.5) is 0 Å². The number of rotatable bonds is 6. The highest BCUT2D eigenvalue weighted by Gasteiger charge is 2.27. The summed E-state index contributed by atoms with van der Waals surface area (Å²) in [5, 5.41) is 2.82. The van der Waals surface area contributed by atoms with Gasteiger partial charge in [-0.3, -0.25) is 9.69 Å². The van der Waals surface area contributed by atoms with Gasteiger partial charge in [-0.1, -0.05) is 13.3 Å². The van der Waals surface area contributed by atoms with Crippen molar-refractivity contribution in [2.75, 3.05) is 37.7 Å². The van der Waals surface area contributed by atoms with Gasteiger partial charge in [-0.25, -0.2) is 8.42 Å². The molecule has 0 radical (unpaired) electrons. The van der Waals surface area contributed by atoms with Crippen molar-refractivity contribution >= 4 is 40.6 Å². The molecule has 0 saturated carbocycles. The molecule has 1 rings (SSSR count). The number of halogens is 2. The lowest BCUT2D eigenvalue weighted by atomic mass is 9.97. The van der Waals surface area contributed by atoms with Crippen LogP contribution in [-0.2, 0) is 14.6 Å². The summed E-state index contributed by atoms with van der Waals surface area (Å²) in [6.45, 7) is 6.00. The molecule has 0 aromatic carbocycles. The van der Waals surface area contributed by atoms with Gasteiger partial charge in [0, 0.05) is 26.2 Å². The van der Waals surface area contributed by atoms with Crippen molar-refractivity contribution in [2.45, 2.75) is 32.2 Å². The molecule has 3 N–H and O–H groups in total. The molecule has 21 heavy (non-hydrogen) atoms. The zero-order valence-electron chi connectivity index (χ0n) is 12.6. The molecular formula is C12H27Cl2N3O3S. The van der Waals surface area contributed by atoms with Crippen molar-refractivity contribution in [1.29, 1.82) is 0 Å². The molecular weight excluding hydrogens is 337 g/mol. The standard InChI is InChI=1S/C12H25N3O3S.2ClH/c1-3-4-12(2,13)11(16)14-5-6-15-7-9-19(17,18)10-8-15;;/h3-10,13H2,1-2H3,(H,14,16);2*1H. The topological polar surface area (TPSA) is 92.5 Å². The van der Waals surface area contributed by atoms with E-state index in [0.717, 1.165) is 6.42 Å². The first kappa shape index (κ1) is 23.2. The molecule has 1 amide bonds. The Kier molecular flexibility index (Phi) is 10.9. The number of carbonyl (C=O) groups excluding carboxylic acids is 1. The quantitative estimate of drug-likeness (QED) is 0.702. The Bertz CT molecular complexity index is 402. The van der Waals surface area contributed by atoms with Crippen LogP contribution < -0.4 is 11.1 Å². The number of sulfone groups is 1. The Morgan fingerprint density at radius 2 is 1.81 bits per heavy atom. The van der Waals surface area contributed by atoms with E-state index in [2.05, 4.69) is 10.2 Å². The zero-order chi connectivity index (χ0) is 14.5. The molecule has 1 unspecified atom stereocenters. The monoisotopic (exact) mass is 363 g/mol. The smallest absolute Gasteiger partial charge is 0.239 e. The van der Waals surface area contributed by atoms with Crippen molar-refractivity contribution in [1.82, 2.24) is 10.2 Å². The van der Waals surface area contributed by atoms with E-state index in [-0.39, 0.29) is 42.2 Å². The largest absolute Gasteiger partial charge is 0.353 e. The van der Waals surface area contributed by atoms with Gasteiger partial charge in [0.15, 0.2) is 9.84 Å². The number of nitrogens with zero attached hydrogens (tertiary/aromatic N) is 1. The van der Waals surface area contributed by atoms with Gasteiger partial charge in [0.1, 0.15) is 0 Å². The van der Waals surface area contributed by atoms with Crippen LogP contribution >= 0.6 is 24.8 Å². The Hall–Kier alpha value is -0.0800. The number of nitrogens with two attached hydrogens (primary N) is 1. The summed E-state index contributed by atoms with van der Waals surface area (Å²) in [7, 11) is -2.84. The van der Waals surface area contributed by atoms with Gasteiger partial charge >= 0.3 is 0 Å². The summed E-state index contributed by atoms with van der Waals surface area (Å²) in [6, 6.07) is 0. The minimum atomic E-state index is -2.84. The average Bonchev–Trinajstić information content (AvgIpc) is 2.31. The number of hydrogen-bond donors (Lipinski definition) is 2. The summed E-state index contributed by atoms with van der Waals surface area (Å²) >= 11 is 0. The maximum Gasteiger partial charge on any atom is 0.239 e. The maximum atomic E-state index is 11.8. The first-order chi connectivity index (χ1) is 8.77. The Morgan fingerprint density at radius 1 is 1.29 bits per heavy atom. The van der Waals surface area contributed by atoms with Crippen molar-refractivity contribution in [3.05, 3.63) is 0 Å². The molecule has 0 aromatic heterocycles. The maximum absolute atomic E-state index is 11.8. The van der Waals surface area contributed by atoms with E-state index < -0.39 is 15.4 Å². The molecule has 1 heterocycles. The molecule has 1 fully saturated rings. The van der Waals surface area contributed by atoms with E-state index in [0.29, 0.717) is 32.6 Å². The van der Waals surface area contributed by atoms with E-state index in [1.807, 2.05) is 6.92 Å². The molecule has 9 heteroatoms. The second-order valence-corrected chi connectivity index (χ2v) is 7.72. The minimum Gasteiger partial charge on any atom is -0.353 e. The van der Waals surface area contributed by atoms with Gasteiger partial charge < -0.3 is 11.1 Å². The third-order valence-electron chi connectivity index (χ3n) is 3.44. The van der Waals surface area contributed by atoms with Gasteiger partial charge in [-0.05, 0) is 13.3 Å². The van der Waals surface area contributed by atoms with E-state index >= 15 is 0 Å². The minimum absolute atomic E-state index is 0. The van der Waals surface area contributed by atoms with Crippen molar-refractivity contribution in [3.63, 3.8) is 0 Å². The van der Waals surface area contributed by atoms with E-state index in [4.69, 9.17) is 5.73 Å². The van der Waals surface area contributed by atoms with Crippen LogP contribution in [0.1, 0.15) is 26.7 Å². The Morgan fingerprint density at radius 3 is 2.29 bits per heavy atom. The summed E-state index contributed by atoms with van der Waals surface area (Å²) in [6.07, 6.45) is 1.52. The lowest BCUT2D eigenvalue weighted by molar-refractivity contribution is -0.126. The molecule has 1 saturated heterocycles. The first-order valence-corrected chi connectivity index (χ1v) is 8.59. The Labute approximate surface area is 139 Å². The number of carbonyl (C=O) groups is 1. The van der Waals surface area contributed by atoms with E-state index in [9.17, 15) is 13.2 Å². The molecule has 0 aromatic rings. The fourth-order valence-electron chi connectivity index (χ4n) is 2.14. The summed E-state index contributed by atoms with van der Waals surface area (Å²) < 4.78 is 22.5. The van der Waals surface area contributed by atoms with Gasteiger partial charge in [0.2, 0.25) is 5.91 Å². The summed E-state index contributed by atoms with van der Waals surface area (Å²) in [5.41, 5.74) is 5.10. The number of nitrogens with one attached hydrogen (secondary N) is 1. The van der Waals surface area contributed by atoms with Crippen LogP contribution in [0.15, 0.2) is 0 Å². The highest BCUT2D eigenvalue weighted by atomic mass is 35.5. The SMILES string of the molecule is CCCC(C)(N)C(=O)NCCN1CCS(=O)(=O)CC1.Cl.Cl. The van der Waals surface area contributed by atoms with Crippen LogP contribution in [0, 0.1) is 0 Å². The predicted molar refractivity (Wildman–Crippen MR) is 90.1 cm³/mol. The lowest BCUT2D eigenvalue weighted by Gasteiger charge is -2.28. The van der Waals surface area contributed by atoms with Gasteiger partial charge in [0.25, 0.3) is 0 Å². The average molecular weight is 364 g/mol. The first-order valence-electron chi connectivity index (χ1n) is 6.77. The normalized spacial score (nSPS) is 20.5. The third-order valence-corrected chi connectivity index (χ3v) is 5.05. The molecule has 0 bridgehead atoms. The highest BCUT2D eigenvalue weighted by Crippen LogP contribution is 2.08. The number of hydrogen-bond acceptors (Lipinski definition) is 5. The van der Waals surface area contributed by atoms with Gasteiger partial charge in [0.05, 0.1) is 17.0 Å². The van der Waals surface area contributed by atoms with Crippen LogP contribution in [0.25, 0.3) is 0 Å².